The Labute approximate surface area is 104 Å². The van der Waals surface area contributed by atoms with Gasteiger partial charge in [-0.15, -0.1) is 0 Å². The highest BCUT2D eigenvalue weighted by Crippen LogP contribution is 2.16. The van der Waals surface area contributed by atoms with Crippen LogP contribution in [0.4, 0.5) is 10.2 Å². The van der Waals surface area contributed by atoms with Crippen molar-refractivity contribution in [2.45, 2.75) is 13.5 Å². The van der Waals surface area contributed by atoms with Crippen molar-refractivity contribution < 1.29 is 4.39 Å². The zero-order valence-corrected chi connectivity index (χ0v) is 10.0. The third-order valence-corrected chi connectivity index (χ3v) is 2.52. The SMILES string of the molecule is Cc1nccc(NCc2ccc(F)c(Cl)c2)n1. The van der Waals surface area contributed by atoms with Gasteiger partial charge >= 0.3 is 0 Å². The maximum Gasteiger partial charge on any atom is 0.141 e. The van der Waals surface area contributed by atoms with E-state index in [-0.39, 0.29) is 5.02 Å². The Morgan fingerprint density at radius 1 is 1.35 bits per heavy atom. The van der Waals surface area contributed by atoms with Crippen LogP contribution in [0.5, 0.6) is 0 Å². The molecule has 0 bridgehead atoms. The molecule has 2 aromatic rings. The van der Waals surface area contributed by atoms with Crippen LogP contribution >= 0.6 is 11.6 Å². The van der Waals surface area contributed by atoms with Crippen molar-refractivity contribution in [3.63, 3.8) is 0 Å². The molecule has 0 aliphatic rings. The molecule has 3 nitrogen and oxygen atoms in total. The van der Waals surface area contributed by atoms with Crippen molar-refractivity contribution in [1.82, 2.24) is 9.97 Å². The first kappa shape index (κ1) is 11.8. The second-order valence-electron chi connectivity index (χ2n) is 3.59. The first-order valence-electron chi connectivity index (χ1n) is 5.12. The average molecular weight is 252 g/mol. The smallest absolute Gasteiger partial charge is 0.141 e. The molecule has 1 N–H and O–H groups in total. The van der Waals surface area contributed by atoms with Crippen LogP contribution in [0.15, 0.2) is 30.5 Å². The van der Waals surface area contributed by atoms with Crippen LogP contribution in [-0.2, 0) is 6.54 Å². The van der Waals surface area contributed by atoms with Gasteiger partial charge in [0.15, 0.2) is 0 Å². The van der Waals surface area contributed by atoms with Crippen LogP contribution in [0.1, 0.15) is 11.4 Å². The van der Waals surface area contributed by atoms with Gasteiger partial charge in [-0.2, -0.15) is 0 Å². The van der Waals surface area contributed by atoms with Gasteiger partial charge in [0, 0.05) is 12.7 Å². The summed E-state index contributed by atoms with van der Waals surface area (Å²) in [5, 5.41) is 3.24. The molecule has 0 spiro atoms. The fourth-order valence-corrected chi connectivity index (χ4v) is 1.60. The summed E-state index contributed by atoms with van der Waals surface area (Å²) in [4.78, 5) is 8.20. The number of nitrogens with zero attached hydrogens (tertiary/aromatic N) is 2. The van der Waals surface area contributed by atoms with E-state index in [2.05, 4.69) is 15.3 Å². The minimum Gasteiger partial charge on any atom is -0.366 e. The van der Waals surface area contributed by atoms with E-state index in [9.17, 15) is 4.39 Å². The van der Waals surface area contributed by atoms with Crippen LogP contribution in [-0.4, -0.2) is 9.97 Å². The molecule has 0 amide bonds. The lowest BCUT2D eigenvalue weighted by Crippen LogP contribution is -2.02. The lowest BCUT2D eigenvalue weighted by atomic mass is 10.2. The van der Waals surface area contributed by atoms with Gasteiger partial charge in [-0.05, 0) is 30.7 Å². The summed E-state index contributed by atoms with van der Waals surface area (Å²) in [6.45, 7) is 2.36. The number of nitrogens with one attached hydrogen (secondary N) is 1. The summed E-state index contributed by atoms with van der Waals surface area (Å²) >= 11 is 5.69. The highest BCUT2D eigenvalue weighted by atomic mass is 35.5. The molecule has 1 aromatic carbocycles. The molecule has 0 saturated carbocycles. The Bertz CT molecular complexity index is 531. The summed E-state index contributed by atoms with van der Waals surface area (Å²) in [6.07, 6.45) is 1.68. The van der Waals surface area contributed by atoms with Crippen molar-refractivity contribution in [3.8, 4) is 0 Å². The van der Waals surface area contributed by atoms with Crippen LogP contribution in [0, 0.1) is 12.7 Å². The molecule has 17 heavy (non-hydrogen) atoms. The Kier molecular flexibility index (Phi) is 3.54. The molecule has 1 aromatic heterocycles. The molecule has 0 radical (unpaired) electrons. The lowest BCUT2D eigenvalue weighted by Gasteiger charge is -2.06. The van der Waals surface area contributed by atoms with Crippen molar-refractivity contribution >= 4 is 17.4 Å². The number of anilines is 1. The van der Waals surface area contributed by atoms with E-state index in [1.807, 2.05) is 6.92 Å². The van der Waals surface area contributed by atoms with Gasteiger partial charge in [-0.1, -0.05) is 17.7 Å². The van der Waals surface area contributed by atoms with Crippen LogP contribution < -0.4 is 5.32 Å². The van der Waals surface area contributed by atoms with Crippen molar-refractivity contribution in [2.75, 3.05) is 5.32 Å². The zero-order chi connectivity index (χ0) is 12.3. The first-order chi connectivity index (χ1) is 8.15. The second-order valence-corrected chi connectivity index (χ2v) is 4.00. The number of benzene rings is 1. The Morgan fingerprint density at radius 2 is 2.18 bits per heavy atom. The van der Waals surface area contributed by atoms with E-state index >= 15 is 0 Å². The Hall–Kier alpha value is -1.68. The van der Waals surface area contributed by atoms with Gasteiger partial charge in [-0.3, -0.25) is 0 Å². The van der Waals surface area contributed by atoms with E-state index in [1.165, 1.54) is 6.07 Å². The summed E-state index contributed by atoms with van der Waals surface area (Å²) in [5.41, 5.74) is 0.896. The molecule has 5 heteroatoms. The zero-order valence-electron chi connectivity index (χ0n) is 9.24. The standard InChI is InChI=1S/C12H11ClFN3/c1-8-15-5-4-12(17-8)16-7-9-2-3-11(14)10(13)6-9/h2-6H,7H2,1H3,(H,15,16,17). The predicted octanol–water partition coefficient (Wildman–Crippen LogP) is 3.19. The van der Waals surface area contributed by atoms with Crippen molar-refractivity contribution in [2.24, 2.45) is 0 Å². The molecule has 0 fully saturated rings. The van der Waals surface area contributed by atoms with Gasteiger partial charge < -0.3 is 5.32 Å². The number of rotatable bonds is 3. The van der Waals surface area contributed by atoms with Crippen molar-refractivity contribution in [1.29, 1.82) is 0 Å². The van der Waals surface area contributed by atoms with Crippen LogP contribution in [0.2, 0.25) is 5.02 Å². The highest BCUT2D eigenvalue weighted by molar-refractivity contribution is 6.30. The Morgan fingerprint density at radius 3 is 2.88 bits per heavy atom. The van der Waals surface area contributed by atoms with E-state index < -0.39 is 5.82 Å². The summed E-state index contributed by atoms with van der Waals surface area (Å²) in [6, 6.07) is 6.41. The number of aromatic nitrogens is 2. The molecule has 0 saturated heterocycles. The molecular formula is C12H11ClFN3. The number of halogens is 2. The van der Waals surface area contributed by atoms with Gasteiger partial charge in [0.2, 0.25) is 0 Å². The topological polar surface area (TPSA) is 37.8 Å². The normalized spacial score (nSPS) is 10.3. The average Bonchev–Trinajstić information content (AvgIpc) is 2.31. The summed E-state index contributed by atoms with van der Waals surface area (Å²) in [7, 11) is 0. The predicted molar refractivity (Wildman–Crippen MR) is 65.5 cm³/mol. The lowest BCUT2D eigenvalue weighted by molar-refractivity contribution is 0.627. The summed E-state index contributed by atoms with van der Waals surface area (Å²) < 4.78 is 12.9. The minimum atomic E-state index is -0.409. The number of hydrogen-bond acceptors (Lipinski definition) is 3. The third-order valence-electron chi connectivity index (χ3n) is 2.23. The number of hydrogen-bond donors (Lipinski definition) is 1. The second kappa shape index (κ2) is 5.10. The maximum atomic E-state index is 12.9. The fraction of sp³-hybridized carbons (Fsp3) is 0.167. The van der Waals surface area contributed by atoms with E-state index in [4.69, 9.17) is 11.6 Å². The molecule has 2 rings (SSSR count). The largest absolute Gasteiger partial charge is 0.366 e. The Balaban J connectivity index is 2.05. The van der Waals surface area contributed by atoms with E-state index in [0.29, 0.717) is 12.4 Å². The molecule has 0 aliphatic heterocycles. The van der Waals surface area contributed by atoms with Gasteiger partial charge in [-0.25, -0.2) is 14.4 Å². The maximum absolute atomic E-state index is 12.9. The molecular weight excluding hydrogens is 241 g/mol. The molecule has 0 aliphatic carbocycles. The van der Waals surface area contributed by atoms with Crippen LogP contribution in [0.25, 0.3) is 0 Å². The minimum absolute atomic E-state index is 0.128. The van der Waals surface area contributed by atoms with Gasteiger partial charge in [0.05, 0.1) is 5.02 Å². The van der Waals surface area contributed by atoms with Gasteiger partial charge in [0.25, 0.3) is 0 Å². The molecule has 0 unspecified atom stereocenters. The summed E-state index contributed by atoms with van der Waals surface area (Å²) in [5.74, 6) is 1.03. The molecule has 1 heterocycles. The van der Waals surface area contributed by atoms with Gasteiger partial charge in [0.1, 0.15) is 17.5 Å². The van der Waals surface area contributed by atoms with E-state index in [1.54, 1.807) is 24.4 Å². The monoisotopic (exact) mass is 251 g/mol. The molecule has 0 atom stereocenters. The van der Waals surface area contributed by atoms with E-state index in [0.717, 1.165) is 11.4 Å². The van der Waals surface area contributed by atoms with Crippen LogP contribution in [0.3, 0.4) is 0 Å². The van der Waals surface area contributed by atoms with Crippen molar-refractivity contribution in [3.05, 3.63) is 52.7 Å². The fourth-order valence-electron chi connectivity index (χ4n) is 1.40. The quantitative estimate of drug-likeness (QED) is 0.910. The number of aryl methyl sites for hydroxylation is 1. The molecule has 88 valence electrons. The first-order valence-corrected chi connectivity index (χ1v) is 5.50. The third kappa shape index (κ3) is 3.14. The highest BCUT2D eigenvalue weighted by Gasteiger charge is 2.01.